The van der Waals surface area contributed by atoms with Crippen LogP contribution in [-0.4, -0.2) is 51.9 Å². The first-order valence-corrected chi connectivity index (χ1v) is 10.0. The molecule has 0 aromatic carbocycles. The Kier molecular flexibility index (Phi) is 4.17. The number of pyridine rings is 2. The highest BCUT2D eigenvalue weighted by Crippen LogP contribution is 2.23. The molecule has 5 rings (SSSR count). The SMILES string of the molecule is Cc1cc2c(C)cc(-c3cc(=O)n4cc(N5CCN(C)CC5)ccc4n3)cn2c1. The standard InChI is InChI=1S/C23H25N5O/c1-16-10-21-17(2)11-18(14-27(21)13-16)20-12-23(29)28-15-19(4-5-22(28)24-20)26-8-6-25(3)7-9-26/h4-5,10-15H,6-9H2,1-3H3. The van der Waals surface area contributed by atoms with Gasteiger partial charge in [0.2, 0.25) is 0 Å². The van der Waals surface area contributed by atoms with Crippen LogP contribution in [0.1, 0.15) is 11.1 Å². The summed E-state index contributed by atoms with van der Waals surface area (Å²) in [5.41, 5.74) is 6.92. The maximum Gasteiger partial charge on any atom is 0.258 e. The second-order valence-corrected chi connectivity index (χ2v) is 8.11. The molecular formula is C23H25N5O. The fraction of sp³-hybridized carbons (Fsp3) is 0.304. The largest absolute Gasteiger partial charge is 0.368 e. The Morgan fingerprint density at radius 3 is 2.52 bits per heavy atom. The molecule has 1 aliphatic rings. The van der Waals surface area contributed by atoms with Crippen LogP contribution in [0.2, 0.25) is 0 Å². The minimum Gasteiger partial charge on any atom is -0.368 e. The minimum absolute atomic E-state index is 0.0533. The lowest BCUT2D eigenvalue weighted by atomic mass is 10.1. The van der Waals surface area contributed by atoms with Crippen molar-refractivity contribution in [2.75, 3.05) is 38.1 Å². The van der Waals surface area contributed by atoms with Crippen molar-refractivity contribution >= 4 is 16.9 Å². The van der Waals surface area contributed by atoms with Crippen molar-refractivity contribution in [1.82, 2.24) is 18.7 Å². The molecule has 1 fully saturated rings. The van der Waals surface area contributed by atoms with Gasteiger partial charge in [-0.3, -0.25) is 9.20 Å². The molecule has 1 aliphatic heterocycles. The number of piperazine rings is 1. The van der Waals surface area contributed by atoms with E-state index in [1.54, 1.807) is 10.5 Å². The topological polar surface area (TPSA) is 45.3 Å². The van der Waals surface area contributed by atoms with Crippen LogP contribution in [0.3, 0.4) is 0 Å². The highest BCUT2D eigenvalue weighted by molar-refractivity contribution is 5.68. The third-order valence-electron chi connectivity index (χ3n) is 5.85. The summed E-state index contributed by atoms with van der Waals surface area (Å²) in [7, 11) is 2.14. The molecule has 4 aromatic rings. The second kappa shape index (κ2) is 6.74. The number of likely N-dealkylation sites (N-methyl/N-ethyl adjacent to an activating group) is 1. The number of anilines is 1. The van der Waals surface area contributed by atoms with Crippen LogP contribution in [-0.2, 0) is 0 Å². The van der Waals surface area contributed by atoms with Crippen LogP contribution in [0, 0.1) is 13.8 Å². The quantitative estimate of drug-likeness (QED) is 0.531. The van der Waals surface area contributed by atoms with Crippen molar-refractivity contribution in [2.45, 2.75) is 13.8 Å². The van der Waals surface area contributed by atoms with Gasteiger partial charge in [-0.25, -0.2) is 4.98 Å². The summed E-state index contributed by atoms with van der Waals surface area (Å²) in [6.07, 6.45) is 6.07. The maximum atomic E-state index is 12.9. The average molecular weight is 387 g/mol. The van der Waals surface area contributed by atoms with E-state index in [1.165, 1.54) is 16.6 Å². The lowest BCUT2D eigenvalue weighted by Crippen LogP contribution is -2.44. The van der Waals surface area contributed by atoms with Crippen molar-refractivity contribution in [3.8, 4) is 11.3 Å². The summed E-state index contributed by atoms with van der Waals surface area (Å²) in [5, 5.41) is 0. The van der Waals surface area contributed by atoms with Gasteiger partial charge in [0.05, 0.1) is 11.4 Å². The Bertz CT molecular complexity index is 1280. The molecule has 0 aliphatic carbocycles. The Morgan fingerprint density at radius 1 is 0.931 bits per heavy atom. The van der Waals surface area contributed by atoms with E-state index in [1.807, 2.05) is 18.5 Å². The summed E-state index contributed by atoms with van der Waals surface area (Å²) < 4.78 is 3.77. The van der Waals surface area contributed by atoms with Crippen molar-refractivity contribution < 1.29 is 0 Å². The molecule has 0 radical (unpaired) electrons. The van der Waals surface area contributed by atoms with Gasteiger partial charge >= 0.3 is 0 Å². The molecule has 148 valence electrons. The van der Waals surface area contributed by atoms with Gasteiger partial charge in [-0.15, -0.1) is 0 Å². The average Bonchev–Trinajstić information content (AvgIpc) is 3.09. The first kappa shape index (κ1) is 17.9. The molecule has 0 saturated carbocycles. The van der Waals surface area contributed by atoms with E-state index < -0.39 is 0 Å². The normalized spacial score (nSPS) is 15.5. The molecule has 1 saturated heterocycles. The van der Waals surface area contributed by atoms with Crippen LogP contribution >= 0.6 is 0 Å². The Morgan fingerprint density at radius 2 is 1.72 bits per heavy atom. The molecule has 0 bridgehead atoms. The number of nitrogens with zero attached hydrogens (tertiary/aromatic N) is 5. The summed E-state index contributed by atoms with van der Waals surface area (Å²) in [5.74, 6) is 0. The number of hydrogen-bond acceptors (Lipinski definition) is 4. The first-order valence-electron chi connectivity index (χ1n) is 10.0. The zero-order valence-electron chi connectivity index (χ0n) is 17.1. The van der Waals surface area contributed by atoms with Gasteiger partial charge in [0, 0.05) is 61.9 Å². The number of aromatic nitrogens is 3. The molecular weight excluding hydrogens is 362 g/mol. The number of fused-ring (bicyclic) bond motifs is 2. The molecule has 29 heavy (non-hydrogen) atoms. The van der Waals surface area contributed by atoms with Crippen LogP contribution in [0.5, 0.6) is 0 Å². The van der Waals surface area contributed by atoms with E-state index in [2.05, 4.69) is 59.5 Å². The first-order chi connectivity index (χ1) is 14.0. The second-order valence-electron chi connectivity index (χ2n) is 8.11. The summed E-state index contributed by atoms with van der Waals surface area (Å²) in [6.45, 7) is 8.19. The molecule has 0 atom stereocenters. The van der Waals surface area contributed by atoms with Crippen molar-refractivity contribution in [1.29, 1.82) is 0 Å². The maximum absolute atomic E-state index is 12.9. The summed E-state index contributed by atoms with van der Waals surface area (Å²) >= 11 is 0. The van der Waals surface area contributed by atoms with E-state index in [0.717, 1.165) is 37.4 Å². The van der Waals surface area contributed by atoms with Gasteiger partial charge in [-0.05, 0) is 56.3 Å². The molecule has 6 heteroatoms. The minimum atomic E-state index is -0.0533. The predicted molar refractivity (Wildman–Crippen MR) is 117 cm³/mol. The van der Waals surface area contributed by atoms with E-state index in [-0.39, 0.29) is 5.56 Å². The summed E-state index contributed by atoms with van der Waals surface area (Å²) in [4.78, 5) is 22.3. The van der Waals surface area contributed by atoms with E-state index in [0.29, 0.717) is 11.3 Å². The molecule has 6 nitrogen and oxygen atoms in total. The van der Waals surface area contributed by atoms with E-state index in [9.17, 15) is 4.79 Å². The molecule has 5 heterocycles. The Balaban J connectivity index is 1.57. The lowest BCUT2D eigenvalue weighted by molar-refractivity contribution is 0.313. The van der Waals surface area contributed by atoms with Gasteiger partial charge in [0.15, 0.2) is 0 Å². The van der Waals surface area contributed by atoms with Crippen LogP contribution in [0.25, 0.3) is 22.4 Å². The molecule has 0 unspecified atom stereocenters. The molecule has 4 aromatic heterocycles. The van der Waals surface area contributed by atoms with Crippen LogP contribution in [0.4, 0.5) is 5.69 Å². The molecule has 0 amide bonds. The van der Waals surface area contributed by atoms with E-state index >= 15 is 0 Å². The number of aryl methyl sites for hydroxylation is 2. The van der Waals surface area contributed by atoms with Gasteiger partial charge in [0.1, 0.15) is 5.65 Å². The van der Waals surface area contributed by atoms with Gasteiger partial charge < -0.3 is 14.2 Å². The monoisotopic (exact) mass is 387 g/mol. The fourth-order valence-electron chi connectivity index (χ4n) is 4.17. The summed E-state index contributed by atoms with van der Waals surface area (Å²) in [6, 6.07) is 9.93. The molecule has 0 N–H and O–H groups in total. The van der Waals surface area contributed by atoms with Crippen LogP contribution < -0.4 is 10.5 Å². The zero-order chi connectivity index (χ0) is 20.1. The highest BCUT2D eigenvalue weighted by atomic mass is 16.1. The predicted octanol–water partition coefficient (Wildman–Crippen LogP) is 2.98. The lowest BCUT2D eigenvalue weighted by Gasteiger charge is -2.34. The van der Waals surface area contributed by atoms with Crippen molar-refractivity contribution in [2.24, 2.45) is 0 Å². The Labute approximate surface area is 169 Å². The fourth-order valence-corrected chi connectivity index (χ4v) is 4.17. The zero-order valence-corrected chi connectivity index (χ0v) is 17.1. The molecule has 0 spiro atoms. The smallest absolute Gasteiger partial charge is 0.258 e. The van der Waals surface area contributed by atoms with Gasteiger partial charge in [0.25, 0.3) is 5.56 Å². The van der Waals surface area contributed by atoms with Crippen LogP contribution in [0.15, 0.2) is 53.7 Å². The van der Waals surface area contributed by atoms with Crippen molar-refractivity contribution in [3.05, 3.63) is 70.4 Å². The number of hydrogen-bond donors (Lipinski definition) is 0. The van der Waals surface area contributed by atoms with Gasteiger partial charge in [-0.2, -0.15) is 0 Å². The number of rotatable bonds is 2. The van der Waals surface area contributed by atoms with E-state index in [4.69, 9.17) is 4.98 Å². The highest BCUT2D eigenvalue weighted by Gasteiger charge is 2.15. The van der Waals surface area contributed by atoms with Gasteiger partial charge in [-0.1, -0.05) is 0 Å². The van der Waals surface area contributed by atoms with Crippen molar-refractivity contribution in [3.63, 3.8) is 0 Å². The Hall–Kier alpha value is -3.12. The third-order valence-corrected chi connectivity index (χ3v) is 5.85. The third kappa shape index (κ3) is 3.19.